The SMILES string of the molecule is NC(C=O)CC(=O)NC1CC(=O)N(C(CC(=O)O)C(=O)O)C1=O. The average Bonchev–Trinajstić information content (AvgIpc) is 2.70. The number of imide groups is 1. The van der Waals surface area contributed by atoms with Gasteiger partial charge in [-0.1, -0.05) is 0 Å². The van der Waals surface area contributed by atoms with Gasteiger partial charge in [-0.3, -0.25) is 24.1 Å². The third-order valence-corrected chi connectivity index (χ3v) is 3.08. The molecule has 0 aromatic carbocycles. The van der Waals surface area contributed by atoms with Crippen molar-refractivity contribution in [3.63, 3.8) is 0 Å². The van der Waals surface area contributed by atoms with Gasteiger partial charge in [0.15, 0.2) is 0 Å². The van der Waals surface area contributed by atoms with Gasteiger partial charge in [0.1, 0.15) is 18.4 Å². The van der Waals surface area contributed by atoms with Crippen molar-refractivity contribution in [3.8, 4) is 0 Å². The lowest BCUT2D eigenvalue weighted by molar-refractivity contribution is -0.157. The lowest BCUT2D eigenvalue weighted by Gasteiger charge is -2.21. The van der Waals surface area contributed by atoms with Gasteiger partial charge in [-0.15, -0.1) is 0 Å². The van der Waals surface area contributed by atoms with Crippen LogP contribution >= 0.6 is 0 Å². The molecule has 0 spiro atoms. The molecule has 0 aliphatic carbocycles. The summed E-state index contributed by atoms with van der Waals surface area (Å²) >= 11 is 0. The molecule has 0 bridgehead atoms. The van der Waals surface area contributed by atoms with E-state index in [4.69, 9.17) is 15.9 Å². The Bertz CT molecular complexity index is 561. The third kappa shape index (κ3) is 4.57. The van der Waals surface area contributed by atoms with Gasteiger partial charge in [-0.2, -0.15) is 0 Å². The summed E-state index contributed by atoms with van der Waals surface area (Å²) in [6.45, 7) is 0. The number of aliphatic carboxylic acids is 2. The minimum atomic E-state index is -1.85. The molecule has 5 N–H and O–H groups in total. The first kappa shape index (κ1) is 18.2. The summed E-state index contributed by atoms with van der Waals surface area (Å²) in [7, 11) is 0. The number of nitrogens with one attached hydrogen (secondary N) is 1. The molecule has 11 heteroatoms. The summed E-state index contributed by atoms with van der Waals surface area (Å²) in [5.74, 6) is -5.83. The molecular formula is C12H15N3O8. The predicted molar refractivity (Wildman–Crippen MR) is 70.7 cm³/mol. The largest absolute Gasteiger partial charge is 0.481 e. The van der Waals surface area contributed by atoms with Crippen LogP contribution in [-0.2, 0) is 28.8 Å². The van der Waals surface area contributed by atoms with Crippen molar-refractivity contribution in [2.45, 2.75) is 37.4 Å². The number of carbonyl (C=O) groups excluding carboxylic acids is 4. The number of rotatable bonds is 8. The van der Waals surface area contributed by atoms with Gasteiger partial charge < -0.3 is 26.1 Å². The van der Waals surface area contributed by atoms with E-state index < -0.39 is 67.0 Å². The lowest BCUT2D eigenvalue weighted by atomic mass is 10.2. The number of likely N-dealkylation sites (tertiary alicyclic amines) is 1. The van der Waals surface area contributed by atoms with Crippen molar-refractivity contribution in [1.82, 2.24) is 10.2 Å². The Morgan fingerprint density at radius 1 is 1.30 bits per heavy atom. The molecule has 1 heterocycles. The number of aldehydes is 1. The van der Waals surface area contributed by atoms with Gasteiger partial charge in [0.05, 0.1) is 18.9 Å². The van der Waals surface area contributed by atoms with Gasteiger partial charge in [-0.05, 0) is 0 Å². The second kappa shape index (κ2) is 7.45. The molecule has 23 heavy (non-hydrogen) atoms. The minimum Gasteiger partial charge on any atom is -0.481 e. The number of nitrogens with zero attached hydrogens (tertiary/aromatic N) is 1. The maximum Gasteiger partial charge on any atom is 0.327 e. The van der Waals surface area contributed by atoms with Crippen LogP contribution < -0.4 is 11.1 Å². The Kier molecular flexibility index (Phi) is 5.90. The average molecular weight is 329 g/mol. The van der Waals surface area contributed by atoms with Crippen LogP contribution in [0.15, 0.2) is 0 Å². The van der Waals surface area contributed by atoms with Gasteiger partial charge >= 0.3 is 11.9 Å². The molecule has 1 fully saturated rings. The van der Waals surface area contributed by atoms with Crippen LogP contribution in [0, 0.1) is 0 Å². The smallest absolute Gasteiger partial charge is 0.327 e. The fraction of sp³-hybridized carbons (Fsp3) is 0.500. The monoisotopic (exact) mass is 329 g/mol. The van der Waals surface area contributed by atoms with E-state index in [9.17, 15) is 28.8 Å². The Labute approximate surface area is 129 Å². The molecule has 0 saturated carbocycles. The van der Waals surface area contributed by atoms with Crippen molar-refractivity contribution in [1.29, 1.82) is 0 Å². The normalized spacial score (nSPS) is 20.0. The van der Waals surface area contributed by atoms with Gasteiger partial charge in [0.2, 0.25) is 11.8 Å². The second-order valence-corrected chi connectivity index (χ2v) is 4.88. The predicted octanol–water partition coefficient (Wildman–Crippen LogP) is -2.93. The quantitative estimate of drug-likeness (QED) is 0.267. The van der Waals surface area contributed by atoms with Crippen molar-refractivity contribution in [3.05, 3.63) is 0 Å². The van der Waals surface area contributed by atoms with Crippen LogP contribution in [0.3, 0.4) is 0 Å². The highest BCUT2D eigenvalue weighted by Gasteiger charge is 2.46. The Balaban J connectivity index is 2.83. The highest BCUT2D eigenvalue weighted by Crippen LogP contribution is 2.19. The maximum absolute atomic E-state index is 12.1. The standard InChI is InChI=1S/C12H15N3O8/c13-5(4-16)1-8(17)14-6-2-9(18)15(11(6)21)7(12(22)23)3-10(19)20/h4-7H,1-3,13H2,(H,14,17)(H,19,20)(H,22,23). The Morgan fingerprint density at radius 2 is 1.91 bits per heavy atom. The molecule has 3 unspecified atom stereocenters. The molecule has 126 valence electrons. The number of hydrogen-bond acceptors (Lipinski definition) is 7. The molecule has 1 aliphatic rings. The summed E-state index contributed by atoms with van der Waals surface area (Å²) < 4.78 is 0. The number of nitrogens with two attached hydrogens (primary N) is 1. The molecule has 11 nitrogen and oxygen atoms in total. The third-order valence-electron chi connectivity index (χ3n) is 3.08. The molecular weight excluding hydrogens is 314 g/mol. The highest BCUT2D eigenvalue weighted by atomic mass is 16.4. The summed E-state index contributed by atoms with van der Waals surface area (Å²) in [5.41, 5.74) is 5.25. The van der Waals surface area contributed by atoms with E-state index in [1.54, 1.807) is 0 Å². The van der Waals surface area contributed by atoms with Crippen LogP contribution in [0.2, 0.25) is 0 Å². The van der Waals surface area contributed by atoms with E-state index in [-0.39, 0.29) is 0 Å². The molecule has 1 rings (SSSR count). The van der Waals surface area contributed by atoms with E-state index in [0.717, 1.165) is 0 Å². The maximum atomic E-state index is 12.1. The van der Waals surface area contributed by atoms with Crippen LogP contribution in [0.1, 0.15) is 19.3 Å². The molecule has 3 amide bonds. The van der Waals surface area contributed by atoms with E-state index in [2.05, 4.69) is 5.32 Å². The molecule has 0 aromatic rings. The fourth-order valence-corrected chi connectivity index (χ4v) is 2.06. The van der Waals surface area contributed by atoms with Crippen LogP contribution in [0.25, 0.3) is 0 Å². The molecule has 1 saturated heterocycles. The second-order valence-electron chi connectivity index (χ2n) is 4.88. The van der Waals surface area contributed by atoms with Crippen molar-refractivity contribution in [2.24, 2.45) is 5.73 Å². The Hall–Kier alpha value is -2.82. The van der Waals surface area contributed by atoms with E-state index >= 15 is 0 Å². The number of hydrogen-bond donors (Lipinski definition) is 4. The van der Waals surface area contributed by atoms with Crippen LogP contribution in [-0.4, -0.2) is 69.2 Å². The van der Waals surface area contributed by atoms with Gasteiger partial charge in [0.25, 0.3) is 5.91 Å². The Morgan fingerprint density at radius 3 is 2.39 bits per heavy atom. The van der Waals surface area contributed by atoms with Gasteiger partial charge in [-0.25, -0.2) is 4.79 Å². The summed E-state index contributed by atoms with van der Waals surface area (Å²) in [5, 5.41) is 19.8. The summed E-state index contributed by atoms with van der Waals surface area (Å²) in [4.78, 5) is 67.9. The lowest BCUT2D eigenvalue weighted by Crippen LogP contribution is -2.49. The minimum absolute atomic E-state index is 0.320. The van der Waals surface area contributed by atoms with Crippen molar-refractivity contribution < 1.29 is 39.0 Å². The zero-order valence-corrected chi connectivity index (χ0v) is 11.8. The van der Waals surface area contributed by atoms with Crippen molar-refractivity contribution in [2.75, 3.05) is 0 Å². The highest BCUT2D eigenvalue weighted by molar-refractivity contribution is 6.09. The topological polar surface area (TPSA) is 184 Å². The zero-order chi connectivity index (χ0) is 17.7. The fourth-order valence-electron chi connectivity index (χ4n) is 2.06. The van der Waals surface area contributed by atoms with E-state index in [1.807, 2.05) is 0 Å². The van der Waals surface area contributed by atoms with Crippen molar-refractivity contribution >= 4 is 35.9 Å². The first-order chi connectivity index (χ1) is 10.7. The molecule has 1 aliphatic heterocycles. The number of carboxylic acid groups (broad SMARTS) is 2. The van der Waals surface area contributed by atoms with Crippen LogP contribution in [0.4, 0.5) is 0 Å². The summed E-state index contributed by atoms with van der Waals surface area (Å²) in [6, 6.07) is -4.24. The zero-order valence-electron chi connectivity index (χ0n) is 11.8. The van der Waals surface area contributed by atoms with E-state index in [1.165, 1.54) is 0 Å². The molecule has 0 aromatic heterocycles. The number of carboxylic acids is 2. The van der Waals surface area contributed by atoms with Crippen LogP contribution in [0.5, 0.6) is 0 Å². The van der Waals surface area contributed by atoms with Gasteiger partial charge in [0, 0.05) is 6.42 Å². The first-order valence-corrected chi connectivity index (χ1v) is 6.48. The summed E-state index contributed by atoms with van der Waals surface area (Å²) in [6.07, 6.45) is -1.52. The molecule has 0 radical (unpaired) electrons. The molecule has 3 atom stereocenters. The first-order valence-electron chi connectivity index (χ1n) is 6.48. The number of carbonyl (C=O) groups is 6. The van der Waals surface area contributed by atoms with E-state index in [0.29, 0.717) is 11.2 Å². The number of amides is 3.